The number of phenolic OH excluding ortho intramolecular Hbond substituents is 1. The van der Waals surface area contributed by atoms with Crippen LogP contribution in [0.1, 0.15) is 27.7 Å². The van der Waals surface area contributed by atoms with Crippen LogP contribution in [0.25, 0.3) is 21.8 Å². The Morgan fingerprint density at radius 2 is 1.78 bits per heavy atom. The Morgan fingerprint density at radius 1 is 1.03 bits per heavy atom. The van der Waals surface area contributed by atoms with Gasteiger partial charge >= 0.3 is 11.9 Å². The number of nitrogens with zero attached hydrogens (tertiary/aromatic N) is 3. The first kappa shape index (κ1) is 23.7. The molecule has 0 saturated carbocycles. The molecule has 0 amide bonds. The summed E-state index contributed by atoms with van der Waals surface area (Å²) >= 11 is 0. The number of nitrogens with one attached hydrogen (secondary N) is 1. The van der Waals surface area contributed by atoms with Crippen LogP contribution in [0.3, 0.4) is 0 Å². The Labute approximate surface area is 210 Å². The summed E-state index contributed by atoms with van der Waals surface area (Å²) in [7, 11) is 1.28. The second-order valence-electron chi connectivity index (χ2n) is 8.40. The number of aromatic nitrogens is 4. The van der Waals surface area contributed by atoms with Crippen molar-refractivity contribution in [3.63, 3.8) is 0 Å². The third-order valence-electron chi connectivity index (χ3n) is 6.03. The first-order valence-corrected chi connectivity index (χ1v) is 11.4. The number of benzene rings is 3. The highest BCUT2D eigenvalue weighted by Gasteiger charge is 2.24. The van der Waals surface area contributed by atoms with Gasteiger partial charge in [0.25, 0.3) is 0 Å². The Balaban J connectivity index is 1.35. The maximum absolute atomic E-state index is 12.9. The van der Waals surface area contributed by atoms with E-state index in [4.69, 9.17) is 9.47 Å². The lowest BCUT2D eigenvalue weighted by Crippen LogP contribution is -2.23. The van der Waals surface area contributed by atoms with Gasteiger partial charge in [-0.3, -0.25) is 4.79 Å². The van der Waals surface area contributed by atoms with Crippen molar-refractivity contribution in [2.45, 2.75) is 19.1 Å². The van der Waals surface area contributed by atoms with E-state index >= 15 is 0 Å². The number of esters is 2. The standard InChI is InChI=1S/C27H22N4O6/c1-36-27(35)23(13-16-9-11-18(32)12-10-16)31-14-17(29-30-31)15-37-26(34)21-7-4-6-20-24(21)28-22-8-3-2-5-19(22)25(20)33/h2-12,14,23,32H,13,15H2,1H3,(H,28,33)/t23-/m1/s1. The Morgan fingerprint density at radius 3 is 2.57 bits per heavy atom. The van der Waals surface area contributed by atoms with Crippen molar-refractivity contribution in [2.24, 2.45) is 0 Å². The molecule has 5 rings (SSSR count). The van der Waals surface area contributed by atoms with Gasteiger partial charge in [-0.2, -0.15) is 0 Å². The number of hydrogen-bond acceptors (Lipinski definition) is 8. The zero-order valence-electron chi connectivity index (χ0n) is 19.7. The minimum absolute atomic E-state index is 0.117. The fourth-order valence-electron chi connectivity index (χ4n) is 4.14. The number of aromatic hydroxyl groups is 1. The molecule has 0 saturated heterocycles. The van der Waals surface area contributed by atoms with Crippen LogP contribution < -0.4 is 5.43 Å². The lowest BCUT2D eigenvalue weighted by Gasteiger charge is -2.14. The summed E-state index contributed by atoms with van der Waals surface area (Å²) in [4.78, 5) is 41.4. The van der Waals surface area contributed by atoms with Gasteiger partial charge < -0.3 is 19.6 Å². The number of aromatic amines is 1. The molecule has 10 nitrogen and oxygen atoms in total. The number of fused-ring (bicyclic) bond motifs is 2. The van der Waals surface area contributed by atoms with E-state index in [0.29, 0.717) is 27.5 Å². The minimum atomic E-state index is -0.803. The van der Waals surface area contributed by atoms with Crippen molar-refractivity contribution in [3.8, 4) is 5.75 Å². The number of phenols is 1. The quantitative estimate of drug-likeness (QED) is 0.258. The van der Waals surface area contributed by atoms with Gasteiger partial charge in [0.05, 0.1) is 24.4 Å². The van der Waals surface area contributed by atoms with Crippen LogP contribution in [0.2, 0.25) is 0 Å². The molecule has 2 N–H and O–H groups in total. The van der Waals surface area contributed by atoms with Gasteiger partial charge in [-0.05, 0) is 42.0 Å². The fraction of sp³-hybridized carbons (Fsp3) is 0.148. The molecule has 186 valence electrons. The number of para-hydroxylation sites is 2. The largest absolute Gasteiger partial charge is 0.508 e. The Bertz CT molecular complexity index is 1670. The molecular weight excluding hydrogens is 476 g/mol. The third kappa shape index (κ3) is 4.76. The molecule has 2 aromatic heterocycles. The molecule has 2 heterocycles. The lowest BCUT2D eigenvalue weighted by atomic mass is 10.1. The van der Waals surface area contributed by atoms with Gasteiger partial charge in [-0.25, -0.2) is 14.3 Å². The molecule has 5 aromatic rings. The van der Waals surface area contributed by atoms with Crippen molar-refractivity contribution in [3.05, 3.63) is 100.0 Å². The van der Waals surface area contributed by atoms with E-state index in [-0.39, 0.29) is 29.8 Å². The first-order valence-electron chi connectivity index (χ1n) is 11.4. The van der Waals surface area contributed by atoms with Crippen LogP contribution in [0.5, 0.6) is 5.75 Å². The molecule has 37 heavy (non-hydrogen) atoms. The predicted molar refractivity (Wildman–Crippen MR) is 134 cm³/mol. The van der Waals surface area contributed by atoms with Crippen LogP contribution in [0, 0.1) is 0 Å². The van der Waals surface area contributed by atoms with Gasteiger partial charge in [0.15, 0.2) is 11.5 Å². The van der Waals surface area contributed by atoms with Crippen molar-refractivity contribution in [1.82, 2.24) is 20.0 Å². The van der Waals surface area contributed by atoms with Gasteiger partial charge in [-0.15, -0.1) is 5.10 Å². The predicted octanol–water partition coefficient (Wildman–Crippen LogP) is 3.29. The van der Waals surface area contributed by atoms with Crippen molar-refractivity contribution in [2.75, 3.05) is 7.11 Å². The van der Waals surface area contributed by atoms with E-state index in [1.165, 1.54) is 30.1 Å². The second-order valence-corrected chi connectivity index (χ2v) is 8.40. The molecule has 0 radical (unpaired) electrons. The summed E-state index contributed by atoms with van der Waals surface area (Å²) in [5, 5.41) is 18.5. The lowest BCUT2D eigenvalue weighted by molar-refractivity contribution is -0.144. The molecule has 0 fully saturated rings. The fourth-order valence-corrected chi connectivity index (χ4v) is 4.14. The molecule has 0 spiro atoms. The molecule has 0 aliphatic heterocycles. The van der Waals surface area contributed by atoms with Gasteiger partial charge in [0, 0.05) is 22.7 Å². The van der Waals surface area contributed by atoms with E-state index in [2.05, 4.69) is 15.3 Å². The van der Waals surface area contributed by atoms with E-state index < -0.39 is 18.0 Å². The number of methoxy groups -OCH3 is 1. The average molecular weight is 498 g/mol. The van der Waals surface area contributed by atoms with Crippen LogP contribution in [-0.2, 0) is 27.3 Å². The van der Waals surface area contributed by atoms with Gasteiger partial charge in [-0.1, -0.05) is 35.5 Å². The van der Waals surface area contributed by atoms with Crippen molar-refractivity contribution >= 4 is 33.7 Å². The second kappa shape index (κ2) is 9.94. The Hall–Kier alpha value is -4.99. The van der Waals surface area contributed by atoms with E-state index in [9.17, 15) is 19.5 Å². The monoisotopic (exact) mass is 498 g/mol. The third-order valence-corrected chi connectivity index (χ3v) is 6.03. The smallest absolute Gasteiger partial charge is 0.340 e. The molecule has 0 bridgehead atoms. The van der Waals surface area contributed by atoms with Crippen LogP contribution >= 0.6 is 0 Å². The molecule has 0 aliphatic carbocycles. The van der Waals surface area contributed by atoms with Gasteiger partial charge in [0.1, 0.15) is 18.1 Å². The molecule has 10 heteroatoms. The highest BCUT2D eigenvalue weighted by Crippen LogP contribution is 2.21. The summed E-state index contributed by atoms with van der Waals surface area (Å²) in [6.07, 6.45) is 1.76. The van der Waals surface area contributed by atoms with Crippen molar-refractivity contribution < 1.29 is 24.2 Å². The van der Waals surface area contributed by atoms with Crippen LogP contribution in [-0.4, -0.2) is 44.1 Å². The summed E-state index contributed by atoms with van der Waals surface area (Å²) in [5.74, 6) is -1.04. The molecule has 3 aromatic carbocycles. The topological polar surface area (TPSA) is 136 Å². The highest BCUT2D eigenvalue weighted by molar-refractivity contribution is 6.05. The van der Waals surface area contributed by atoms with Crippen molar-refractivity contribution in [1.29, 1.82) is 0 Å². The first-order chi connectivity index (χ1) is 17.9. The van der Waals surface area contributed by atoms with E-state index in [1.54, 1.807) is 54.6 Å². The zero-order chi connectivity index (χ0) is 25.9. The maximum atomic E-state index is 12.9. The number of ether oxygens (including phenoxy) is 2. The number of H-pyrrole nitrogens is 1. The number of carbonyl (C=O) groups is 2. The van der Waals surface area contributed by atoms with E-state index in [1.807, 2.05) is 0 Å². The summed E-state index contributed by atoms with van der Waals surface area (Å²) in [5.41, 5.74) is 2.16. The summed E-state index contributed by atoms with van der Waals surface area (Å²) in [6.45, 7) is -0.194. The van der Waals surface area contributed by atoms with E-state index in [0.717, 1.165) is 5.56 Å². The SMILES string of the molecule is COC(=O)[C@@H](Cc1ccc(O)cc1)n1cc(COC(=O)c2cccc3c(=O)c4ccccc4[nH]c23)nn1. The average Bonchev–Trinajstić information content (AvgIpc) is 3.39. The number of rotatable bonds is 7. The highest BCUT2D eigenvalue weighted by atomic mass is 16.5. The van der Waals surface area contributed by atoms with Gasteiger partial charge in [0.2, 0.25) is 0 Å². The number of carbonyl (C=O) groups excluding carboxylic acids is 2. The zero-order valence-corrected chi connectivity index (χ0v) is 19.7. The molecule has 0 aliphatic rings. The minimum Gasteiger partial charge on any atom is -0.508 e. The van der Waals surface area contributed by atoms with Crippen LogP contribution in [0.15, 0.2) is 77.7 Å². The molecule has 0 unspecified atom stereocenters. The maximum Gasteiger partial charge on any atom is 0.340 e. The molecule has 1 atom stereocenters. The summed E-state index contributed by atoms with van der Waals surface area (Å²) < 4.78 is 11.7. The number of hydrogen-bond donors (Lipinski definition) is 2. The Kier molecular flexibility index (Phi) is 6.38. The number of pyridine rings is 1. The normalized spacial score (nSPS) is 11.9. The van der Waals surface area contributed by atoms with Crippen LogP contribution in [0.4, 0.5) is 0 Å². The molecular formula is C27H22N4O6. The summed E-state index contributed by atoms with van der Waals surface area (Å²) in [6, 6.07) is 17.6.